The van der Waals surface area contributed by atoms with Gasteiger partial charge in [-0.2, -0.15) is 0 Å². The third kappa shape index (κ3) is 3.95. The van der Waals surface area contributed by atoms with Gasteiger partial charge in [-0.25, -0.2) is 4.39 Å². The van der Waals surface area contributed by atoms with Crippen LogP contribution in [0.4, 0.5) is 10.1 Å². The molecule has 0 aliphatic rings. The van der Waals surface area contributed by atoms with E-state index in [2.05, 4.69) is 0 Å². The molecule has 1 aromatic heterocycles. The molecule has 0 aliphatic carbocycles. The van der Waals surface area contributed by atoms with Crippen LogP contribution >= 0.6 is 11.3 Å². The van der Waals surface area contributed by atoms with Crippen LogP contribution < -0.4 is 10.5 Å². The molecule has 1 aromatic carbocycles. The highest BCUT2D eigenvalue weighted by atomic mass is 32.1. The Morgan fingerprint density at radius 2 is 2.19 bits per heavy atom. The van der Waals surface area contributed by atoms with Crippen molar-refractivity contribution in [2.45, 2.75) is 6.92 Å². The van der Waals surface area contributed by atoms with E-state index in [1.165, 1.54) is 23.5 Å². The number of thiophene rings is 1. The van der Waals surface area contributed by atoms with Crippen LogP contribution in [-0.4, -0.2) is 31.0 Å². The van der Waals surface area contributed by atoms with Gasteiger partial charge in [-0.05, 0) is 25.1 Å². The highest BCUT2D eigenvalue weighted by Gasteiger charge is 2.15. The van der Waals surface area contributed by atoms with E-state index in [9.17, 15) is 9.18 Å². The summed E-state index contributed by atoms with van der Waals surface area (Å²) in [5, 5.41) is 0. The number of benzene rings is 1. The Kier molecular flexibility index (Phi) is 4.80. The van der Waals surface area contributed by atoms with E-state index in [-0.39, 0.29) is 11.7 Å². The monoisotopic (exact) mass is 308 g/mol. The SMILES string of the molecule is Cc1sc(C(=O)N(C)CCOc2cccc(F)c2)cc1N. The van der Waals surface area contributed by atoms with E-state index in [0.29, 0.717) is 29.5 Å². The first-order valence-corrected chi connectivity index (χ1v) is 7.29. The number of hydrogen-bond donors (Lipinski definition) is 1. The van der Waals surface area contributed by atoms with Gasteiger partial charge in [0.15, 0.2) is 0 Å². The zero-order chi connectivity index (χ0) is 15.4. The highest BCUT2D eigenvalue weighted by molar-refractivity contribution is 7.14. The van der Waals surface area contributed by atoms with Crippen LogP contribution in [-0.2, 0) is 0 Å². The molecule has 2 rings (SSSR count). The van der Waals surface area contributed by atoms with Crippen LogP contribution in [0.15, 0.2) is 30.3 Å². The van der Waals surface area contributed by atoms with Gasteiger partial charge in [-0.15, -0.1) is 11.3 Å². The summed E-state index contributed by atoms with van der Waals surface area (Å²) in [5.74, 6) is 0.0103. The molecule has 1 heterocycles. The zero-order valence-corrected chi connectivity index (χ0v) is 12.7. The molecule has 6 heteroatoms. The molecule has 0 saturated heterocycles. The van der Waals surface area contributed by atoms with E-state index in [1.807, 2.05) is 6.92 Å². The van der Waals surface area contributed by atoms with Crippen molar-refractivity contribution in [3.05, 3.63) is 45.9 Å². The fourth-order valence-corrected chi connectivity index (χ4v) is 2.68. The van der Waals surface area contributed by atoms with Crippen LogP contribution in [0.25, 0.3) is 0 Å². The van der Waals surface area contributed by atoms with Crippen molar-refractivity contribution in [3.8, 4) is 5.75 Å². The van der Waals surface area contributed by atoms with Crippen molar-refractivity contribution < 1.29 is 13.9 Å². The third-order valence-corrected chi connectivity index (χ3v) is 4.06. The van der Waals surface area contributed by atoms with E-state index >= 15 is 0 Å². The van der Waals surface area contributed by atoms with Crippen LogP contribution in [0.3, 0.4) is 0 Å². The van der Waals surface area contributed by atoms with E-state index in [1.54, 1.807) is 30.1 Å². The summed E-state index contributed by atoms with van der Waals surface area (Å²) < 4.78 is 18.4. The Bertz CT molecular complexity index is 623. The van der Waals surface area contributed by atoms with Crippen LogP contribution in [0.1, 0.15) is 14.5 Å². The molecular weight excluding hydrogens is 291 g/mol. The fraction of sp³-hybridized carbons (Fsp3) is 0.267. The van der Waals surface area contributed by atoms with Gasteiger partial charge in [-0.3, -0.25) is 4.79 Å². The summed E-state index contributed by atoms with van der Waals surface area (Å²) >= 11 is 1.38. The van der Waals surface area contributed by atoms with Crippen LogP contribution in [0, 0.1) is 12.7 Å². The van der Waals surface area contributed by atoms with E-state index in [4.69, 9.17) is 10.5 Å². The standard InChI is InChI=1S/C15H17FN2O2S/c1-10-13(17)9-14(21-10)15(19)18(2)6-7-20-12-5-3-4-11(16)8-12/h3-5,8-9H,6-7,17H2,1-2H3. The van der Waals surface area contributed by atoms with Gasteiger partial charge in [0.05, 0.1) is 11.4 Å². The first-order valence-electron chi connectivity index (χ1n) is 6.47. The molecule has 0 fully saturated rings. The van der Waals surface area contributed by atoms with Gasteiger partial charge >= 0.3 is 0 Å². The van der Waals surface area contributed by atoms with Crippen LogP contribution in [0.5, 0.6) is 5.75 Å². The second kappa shape index (κ2) is 6.58. The number of carbonyl (C=O) groups excluding carboxylic acids is 1. The lowest BCUT2D eigenvalue weighted by Gasteiger charge is -2.16. The van der Waals surface area contributed by atoms with Gasteiger partial charge in [0, 0.05) is 23.7 Å². The normalized spacial score (nSPS) is 10.4. The summed E-state index contributed by atoms with van der Waals surface area (Å²) in [5.41, 5.74) is 6.38. The van der Waals surface area contributed by atoms with Gasteiger partial charge in [0.1, 0.15) is 18.2 Å². The van der Waals surface area contributed by atoms with Crippen molar-refractivity contribution in [2.75, 3.05) is 25.9 Å². The summed E-state index contributed by atoms with van der Waals surface area (Å²) in [4.78, 5) is 15.3. The minimum absolute atomic E-state index is 0.0948. The molecule has 2 aromatic rings. The molecule has 4 nitrogen and oxygen atoms in total. The lowest BCUT2D eigenvalue weighted by atomic mass is 10.3. The quantitative estimate of drug-likeness (QED) is 0.924. The minimum Gasteiger partial charge on any atom is -0.492 e. The molecule has 0 spiro atoms. The number of halogens is 1. The number of ether oxygens (including phenoxy) is 1. The number of anilines is 1. The summed E-state index contributed by atoms with van der Waals surface area (Å²) in [7, 11) is 1.70. The first-order chi connectivity index (χ1) is 9.97. The molecule has 2 N–H and O–H groups in total. The van der Waals surface area contributed by atoms with Crippen molar-refractivity contribution >= 4 is 22.9 Å². The molecule has 0 bridgehead atoms. The largest absolute Gasteiger partial charge is 0.492 e. The smallest absolute Gasteiger partial charge is 0.263 e. The van der Waals surface area contributed by atoms with Crippen molar-refractivity contribution in [1.82, 2.24) is 4.90 Å². The zero-order valence-electron chi connectivity index (χ0n) is 11.9. The van der Waals surface area contributed by atoms with Gasteiger partial charge in [0.25, 0.3) is 5.91 Å². The Balaban J connectivity index is 1.87. The Labute approximate surface area is 126 Å². The average Bonchev–Trinajstić information content (AvgIpc) is 2.78. The summed E-state index contributed by atoms with van der Waals surface area (Å²) in [6.45, 7) is 2.58. The maximum absolute atomic E-state index is 13.0. The minimum atomic E-state index is -0.346. The number of nitrogens with zero attached hydrogens (tertiary/aromatic N) is 1. The van der Waals surface area contributed by atoms with Crippen LogP contribution in [0.2, 0.25) is 0 Å². The summed E-state index contributed by atoms with van der Waals surface area (Å²) in [6, 6.07) is 7.61. The Hall–Kier alpha value is -2.08. The van der Waals surface area contributed by atoms with Gasteiger partial charge in [0.2, 0.25) is 0 Å². The molecule has 112 valence electrons. The third-order valence-electron chi connectivity index (χ3n) is 3.01. The molecule has 21 heavy (non-hydrogen) atoms. The maximum atomic E-state index is 13.0. The number of amides is 1. The number of hydrogen-bond acceptors (Lipinski definition) is 4. The molecule has 1 amide bonds. The average molecular weight is 308 g/mol. The second-order valence-electron chi connectivity index (χ2n) is 4.65. The van der Waals surface area contributed by atoms with E-state index in [0.717, 1.165) is 4.88 Å². The number of rotatable bonds is 5. The number of nitrogens with two attached hydrogens (primary N) is 1. The Morgan fingerprint density at radius 1 is 1.43 bits per heavy atom. The van der Waals surface area contributed by atoms with E-state index < -0.39 is 0 Å². The second-order valence-corrected chi connectivity index (χ2v) is 5.91. The predicted octanol–water partition coefficient (Wildman–Crippen LogP) is 2.93. The van der Waals surface area contributed by atoms with Crippen molar-refractivity contribution in [2.24, 2.45) is 0 Å². The van der Waals surface area contributed by atoms with Crippen molar-refractivity contribution in [1.29, 1.82) is 0 Å². The topological polar surface area (TPSA) is 55.6 Å². The highest BCUT2D eigenvalue weighted by Crippen LogP contribution is 2.24. The number of aryl methyl sites for hydroxylation is 1. The molecule has 0 saturated carbocycles. The lowest BCUT2D eigenvalue weighted by molar-refractivity contribution is 0.0778. The Morgan fingerprint density at radius 3 is 2.81 bits per heavy atom. The molecule has 0 atom stereocenters. The lowest BCUT2D eigenvalue weighted by Crippen LogP contribution is -2.30. The number of nitrogen functional groups attached to an aromatic ring is 1. The maximum Gasteiger partial charge on any atom is 0.263 e. The number of likely N-dealkylation sites (N-methyl/N-ethyl adjacent to an activating group) is 1. The first kappa shape index (κ1) is 15.3. The molecule has 0 aliphatic heterocycles. The summed E-state index contributed by atoms with van der Waals surface area (Å²) in [6.07, 6.45) is 0. The van der Waals surface area contributed by atoms with Gasteiger partial charge in [-0.1, -0.05) is 6.07 Å². The molecular formula is C15H17FN2O2S. The van der Waals surface area contributed by atoms with Gasteiger partial charge < -0.3 is 15.4 Å². The number of carbonyl (C=O) groups is 1. The predicted molar refractivity (Wildman–Crippen MR) is 82.3 cm³/mol. The molecule has 0 radical (unpaired) electrons. The molecule has 0 unspecified atom stereocenters. The fourth-order valence-electron chi connectivity index (χ4n) is 1.75. The van der Waals surface area contributed by atoms with Crippen molar-refractivity contribution in [3.63, 3.8) is 0 Å².